The maximum absolute atomic E-state index is 12.1. The molecule has 2 heterocycles. The zero-order chi connectivity index (χ0) is 12.4. The Labute approximate surface area is 102 Å². The lowest BCUT2D eigenvalue weighted by Gasteiger charge is -2.23. The van der Waals surface area contributed by atoms with E-state index in [9.17, 15) is 9.59 Å². The van der Waals surface area contributed by atoms with Gasteiger partial charge in [0.05, 0.1) is 6.04 Å². The molecule has 0 aromatic rings. The first kappa shape index (κ1) is 12.4. The van der Waals surface area contributed by atoms with E-state index in [1.807, 2.05) is 0 Å². The van der Waals surface area contributed by atoms with Gasteiger partial charge in [-0.25, -0.2) is 0 Å². The van der Waals surface area contributed by atoms with Crippen LogP contribution in [0.2, 0.25) is 0 Å². The largest absolute Gasteiger partial charge is 0.344 e. The molecule has 2 aliphatic heterocycles. The third kappa shape index (κ3) is 2.29. The number of carbonyl (C=O) groups excluding carboxylic acids is 2. The molecule has 5 heteroatoms. The Morgan fingerprint density at radius 2 is 2.00 bits per heavy atom. The van der Waals surface area contributed by atoms with E-state index in [0.29, 0.717) is 6.54 Å². The maximum atomic E-state index is 12.1. The lowest BCUT2D eigenvalue weighted by atomic mass is 10.2. The lowest BCUT2D eigenvalue weighted by Crippen LogP contribution is -2.46. The van der Waals surface area contributed by atoms with Gasteiger partial charge in [0, 0.05) is 20.1 Å². The highest BCUT2D eigenvalue weighted by atomic mass is 16.2. The van der Waals surface area contributed by atoms with Crippen LogP contribution in [0.25, 0.3) is 0 Å². The fraction of sp³-hybridized carbons (Fsp3) is 0.833. The number of likely N-dealkylation sites (tertiary alicyclic amines) is 2. The molecule has 2 saturated heterocycles. The van der Waals surface area contributed by atoms with Gasteiger partial charge in [-0.15, -0.1) is 0 Å². The molecule has 5 nitrogen and oxygen atoms in total. The Kier molecular flexibility index (Phi) is 3.66. The third-order valence-corrected chi connectivity index (χ3v) is 3.66. The van der Waals surface area contributed by atoms with Crippen LogP contribution in [0.3, 0.4) is 0 Å². The zero-order valence-electron chi connectivity index (χ0n) is 10.6. The van der Waals surface area contributed by atoms with E-state index in [1.54, 1.807) is 16.8 Å². The molecule has 2 amide bonds. The fourth-order valence-corrected chi connectivity index (χ4v) is 2.61. The number of nitrogens with one attached hydrogen (secondary N) is 1. The summed E-state index contributed by atoms with van der Waals surface area (Å²) >= 11 is 0. The van der Waals surface area contributed by atoms with E-state index in [2.05, 4.69) is 12.2 Å². The van der Waals surface area contributed by atoms with Gasteiger partial charge in [-0.3, -0.25) is 9.59 Å². The smallest absolute Gasteiger partial charge is 0.245 e. The Morgan fingerprint density at radius 3 is 2.59 bits per heavy atom. The van der Waals surface area contributed by atoms with Gasteiger partial charge in [-0.1, -0.05) is 6.92 Å². The summed E-state index contributed by atoms with van der Waals surface area (Å²) < 4.78 is 0. The predicted octanol–water partition coefficient (Wildman–Crippen LogP) is -0.182. The number of hydrogen-bond acceptors (Lipinski definition) is 3. The molecule has 2 rings (SSSR count). The van der Waals surface area contributed by atoms with Gasteiger partial charge in [-0.05, 0) is 25.8 Å². The molecule has 0 aromatic carbocycles. The van der Waals surface area contributed by atoms with E-state index in [-0.39, 0.29) is 23.9 Å². The molecule has 0 saturated carbocycles. The molecular weight excluding hydrogens is 218 g/mol. The molecule has 2 atom stereocenters. The summed E-state index contributed by atoms with van der Waals surface area (Å²) in [6.45, 7) is 4.42. The summed E-state index contributed by atoms with van der Waals surface area (Å²) in [6.07, 6.45) is 2.63. The van der Waals surface area contributed by atoms with Gasteiger partial charge in [-0.2, -0.15) is 0 Å². The van der Waals surface area contributed by atoms with Crippen LogP contribution in [0.5, 0.6) is 0 Å². The highest BCUT2D eigenvalue weighted by molar-refractivity contribution is 5.92. The van der Waals surface area contributed by atoms with Crippen molar-refractivity contribution in [2.45, 2.75) is 38.3 Å². The third-order valence-electron chi connectivity index (χ3n) is 3.66. The molecule has 1 N–H and O–H groups in total. The van der Waals surface area contributed by atoms with Gasteiger partial charge in [0.2, 0.25) is 11.8 Å². The summed E-state index contributed by atoms with van der Waals surface area (Å²) in [5, 5.41) is 3.24. The van der Waals surface area contributed by atoms with Crippen molar-refractivity contribution in [3.05, 3.63) is 0 Å². The second kappa shape index (κ2) is 5.04. The summed E-state index contributed by atoms with van der Waals surface area (Å²) in [5.41, 5.74) is 0. The van der Waals surface area contributed by atoms with Crippen molar-refractivity contribution in [1.82, 2.24) is 15.1 Å². The van der Waals surface area contributed by atoms with Crippen molar-refractivity contribution in [2.75, 3.05) is 26.7 Å². The summed E-state index contributed by atoms with van der Waals surface area (Å²) in [4.78, 5) is 27.5. The predicted molar refractivity (Wildman–Crippen MR) is 64.5 cm³/mol. The van der Waals surface area contributed by atoms with Crippen LogP contribution in [0.4, 0.5) is 0 Å². The number of amides is 2. The molecule has 0 radical (unpaired) electrons. The molecule has 2 aliphatic rings. The molecule has 96 valence electrons. The van der Waals surface area contributed by atoms with Gasteiger partial charge in [0.15, 0.2) is 0 Å². The van der Waals surface area contributed by atoms with Crippen molar-refractivity contribution >= 4 is 11.8 Å². The maximum Gasteiger partial charge on any atom is 0.245 e. The van der Waals surface area contributed by atoms with Crippen LogP contribution in [0, 0.1) is 0 Å². The summed E-state index contributed by atoms with van der Waals surface area (Å²) in [6, 6.07) is -0.283. The second-order valence-corrected chi connectivity index (χ2v) is 4.89. The standard InChI is InChI=1S/C12H21N3O2/c1-3-6-13-9-4-8-15(11(9)16)10-5-7-14(2)12(10)17/h9-10,13H,3-8H2,1-2H3. The summed E-state index contributed by atoms with van der Waals surface area (Å²) in [7, 11) is 1.80. The molecule has 2 unspecified atom stereocenters. The van der Waals surface area contributed by atoms with Crippen molar-refractivity contribution in [1.29, 1.82) is 0 Å². The van der Waals surface area contributed by atoms with Crippen LogP contribution < -0.4 is 5.32 Å². The average molecular weight is 239 g/mol. The van der Waals surface area contributed by atoms with E-state index < -0.39 is 0 Å². The Balaban J connectivity index is 1.95. The monoisotopic (exact) mass is 239 g/mol. The van der Waals surface area contributed by atoms with Crippen molar-refractivity contribution in [3.63, 3.8) is 0 Å². The minimum Gasteiger partial charge on any atom is -0.344 e. The van der Waals surface area contributed by atoms with Crippen molar-refractivity contribution < 1.29 is 9.59 Å². The minimum atomic E-state index is -0.207. The first-order valence-electron chi connectivity index (χ1n) is 6.44. The molecular formula is C12H21N3O2. The van der Waals surface area contributed by atoms with Gasteiger partial charge in [0.25, 0.3) is 0 Å². The number of hydrogen-bond donors (Lipinski definition) is 1. The molecule has 2 fully saturated rings. The van der Waals surface area contributed by atoms with Crippen LogP contribution >= 0.6 is 0 Å². The number of nitrogens with zero attached hydrogens (tertiary/aromatic N) is 2. The topological polar surface area (TPSA) is 52.6 Å². The normalized spacial score (nSPS) is 29.5. The van der Waals surface area contributed by atoms with Gasteiger partial charge < -0.3 is 15.1 Å². The van der Waals surface area contributed by atoms with Crippen LogP contribution in [-0.4, -0.2) is 60.4 Å². The van der Waals surface area contributed by atoms with E-state index in [1.165, 1.54) is 0 Å². The van der Waals surface area contributed by atoms with E-state index >= 15 is 0 Å². The minimum absolute atomic E-state index is 0.0753. The molecule has 0 spiro atoms. The number of carbonyl (C=O) groups is 2. The van der Waals surface area contributed by atoms with E-state index in [0.717, 1.165) is 32.4 Å². The van der Waals surface area contributed by atoms with Crippen molar-refractivity contribution in [2.24, 2.45) is 0 Å². The highest BCUT2D eigenvalue weighted by Gasteiger charge is 2.41. The van der Waals surface area contributed by atoms with Crippen molar-refractivity contribution in [3.8, 4) is 0 Å². The fourth-order valence-electron chi connectivity index (χ4n) is 2.61. The van der Waals surface area contributed by atoms with Crippen LogP contribution in [0.15, 0.2) is 0 Å². The number of rotatable bonds is 4. The van der Waals surface area contributed by atoms with E-state index in [4.69, 9.17) is 0 Å². The molecule has 0 aromatic heterocycles. The SMILES string of the molecule is CCCNC1CCN(C2CCN(C)C2=O)C1=O. The number of likely N-dealkylation sites (N-methyl/N-ethyl adjacent to an activating group) is 1. The second-order valence-electron chi connectivity index (χ2n) is 4.89. The Morgan fingerprint density at radius 1 is 1.24 bits per heavy atom. The summed E-state index contributed by atoms with van der Waals surface area (Å²) in [5.74, 6) is 0.196. The quantitative estimate of drug-likeness (QED) is 0.740. The Bertz CT molecular complexity index is 319. The zero-order valence-corrected chi connectivity index (χ0v) is 10.6. The highest BCUT2D eigenvalue weighted by Crippen LogP contribution is 2.22. The van der Waals surface area contributed by atoms with Gasteiger partial charge >= 0.3 is 0 Å². The Hall–Kier alpha value is -1.10. The first-order valence-corrected chi connectivity index (χ1v) is 6.44. The molecule has 0 bridgehead atoms. The molecule has 17 heavy (non-hydrogen) atoms. The van der Waals surface area contributed by atoms with Crippen LogP contribution in [0.1, 0.15) is 26.2 Å². The average Bonchev–Trinajstić information content (AvgIpc) is 2.82. The lowest BCUT2D eigenvalue weighted by molar-refractivity contribution is -0.139. The van der Waals surface area contributed by atoms with Gasteiger partial charge in [0.1, 0.15) is 6.04 Å². The molecule has 0 aliphatic carbocycles. The first-order chi connectivity index (χ1) is 8.15. The van der Waals surface area contributed by atoms with Crippen LogP contribution in [-0.2, 0) is 9.59 Å².